The summed E-state index contributed by atoms with van der Waals surface area (Å²) < 4.78 is 29.2. The summed E-state index contributed by atoms with van der Waals surface area (Å²) in [5, 5.41) is 11.0. The van der Waals surface area contributed by atoms with Gasteiger partial charge in [-0.3, -0.25) is 0 Å². The van der Waals surface area contributed by atoms with Gasteiger partial charge in [-0.1, -0.05) is 25.1 Å². The molecule has 2 N–H and O–H groups in total. The second-order valence-electron chi connectivity index (χ2n) is 4.67. The molecule has 1 aromatic rings. The van der Waals surface area contributed by atoms with Crippen molar-refractivity contribution < 1.29 is 27.9 Å². The minimum Gasteiger partial charge on any atom is -0.480 e. The molecule has 1 aliphatic rings. The lowest BCUT2D eigenvalue weighted by atomic mass is 10.2. The van der Waals surface area contributed by atoms with Crippen molar-refractivity contribution in [2.24, 2.45) is 0 Å². The molecule has 1 atom stereocenters. The highest BCUT2D eigenvalue weighted by molar-refractivity contribution is 7.95. The third-order valence-electron chi connectivity index (χ3n) is 3.21. The first-order valence-corrected chi connectivity index (χ1v) is 8.05. The SMILES string of the molecule is CC[C@@H](NC(=O)OCC1=Cc2ccccc2S1(=O)=O)C(=O)O. The first-order chi connectivity index (χ1) is 10.4. The number of ether oxygens (including phenoxy) is 1. The van der Waals surface area contributed by atoms with Crippen LogP contribution >= 0.6 is 0 Å². The topological polar surface area (TPSA) is 110 Å². The highest BCUT2D eigenvalue weighted by Crippen LogP contribution is 2.32. The number of hydrogen-bond donors (Lipinski definition) is 2. The van der Waals surface area contributed by atoms with Crippen LogP contribution in [0.5, 0.6) is 0 Å². The van der Waals surface area contributed by atoms with E-state index >= 15 is 0 Å². The van der Waals surface area contributed by atoms with Crippen molar-refractivity contribution in [3.05, 3.63) is 34.7 Å². The van der Waals surface area contributed by atoms with Crippen LogP contribution in [-0.2, 0) is 19.4 Å². The molecule has 8 heteroatoms. The minimum atomic E-state index is -3.65. The van der Waals surface area contributed by atoms with Gasteiger partial charge in [-0.25, -0.2) is 18.0 Å². The van der Waals surface area contributed by atoms with E-state index in [1.54, 1.807) is 25.1 Å². The number of benzene rings is 1. The molecule has 7 nitrogen and oxygen atoms in total. The van der Waals surface area contributed by atoms with E-state index in [2.05, 4.69) is 5.32 Å². The Morgan fingerprint density at radius 1 is 1.32 bits per heavy atom. The van der Waals surface area contributed by atoms with Gasteiger partial charge >= 0.3 is 12.1 Å². The molecule has 0 radical (unpaired) electrons. The summed E-state index contributed by atoms with van der Waals surface area (Å²) in [4.78, 5) is 22.5. The van der Waals surface area contributed by atoms with Crippen LogP contribution in [0.1, 0.15) is 18.9 Å². The second-order valence-corrected chi connectivity index (χ2v) is 6.64. The van der Waals surface area contributed by atoms with Crippen LogP contribution in [0.15, 0.2) is 34.1 Å². The molecule has 118 valence electrons. The largest absolute Gasteiger partial charge is 0.480 e. The normalized spacial score (nSPS) is 16.3. The summed E-state index contributed by atoms with van der Waals surface area (Å²) in [6.07, 6.45) is 0.657. The second kappa shape index (κ2) is 6.18. The van der Waals surface area contributed by atoms with E-state index in [0.717, 1.165) is 0 Å². The molecule has 0 unspecified atom stereocenters. The van der Waals surface area contributed by atoms with Crippen LogP contribution in [0.2, 0.25) is 0 Å². The molecule has 1 aromatic carbocycles. The number of carbonyl (C=O) groups excluding carboxylic acids is 1. The molecular formula is C14H15NO6S. The fourth-order valence-electron chi connectivity index (χ4n) is 2.02. The zero-order valence-corrected chi connectivity index (χ0v) is 12.6. The van der Waals surface area contributed by atoms with Crippen molar-refractivity contribution in [3.8, 4) is 0 Å². The maximum Gasteiger partial charge on any atom is 0.408 e. The van der Waals surface area contributed by atoms with E-state index in [1.165, 1.54) is 12.1 Å². The lowest BCUT2D eigenvalue weighted by Gasteiger charge is -2.12. The van der Waals surface area contributed by atoms with Crippen molar-refractivity contribution in [2.75, 3.05) is 6.61 Å². The molecule has 0 spiro atoms. The van der Waals surface area contributed by atoms with Gasteiger partial charge in [0.25, 0.3) is 0 Å². The number of rotatable bonds is 5. The lowest BCUT2D eigenvalue weighted by molar-refractivity contribution is -0.139. The van der Waals surface area contributed by atoms with Crippen molar-refractivity contribution >= 4 is 28.0 Å². The Morgan fingerprint density at radius 3 is 2.59 bits per heavy atom. The van der Waals surface area contributed by atoms with Crippen LogP contribution in [-0.4, -0.2) is 38.2 Å². The van der Waals surface area contributed by atoms with E-state index < -0.39 is 34.5 Å². The van der Waals surface area contributed by atoms with Gasteiger partial charge in [0.15, 0.2) is 0 Å². The van der Waals surface area contributed by atoms with Gasteiger partial charge in [0.1, 0.15) is 12.6 Å². The number of hydrogen-bond acceptors (Lipinski definition) is 5. The third-order valence-corrected chi connectivity index (χ3v) is 5.09. The molecule has 0 aliphatic carbocycles. The highest BCUT2D eigenvalue weighted by atomic mass is 32.2. The van der Waals surface area contributed by atoms with E-state index in [1.807, 2.05) is 0 Å². The predicted molar refractivity (Wildman–Crippen MR) is 77.8 cm³/mol. The van der Waals surface area contributed by atoms with Crippen LogP contribution in [0.25, 0.3) is 6.08 Å². The quantitative estimate of drug-likeness (QED) is 0.847. The number of aliphatic carboxylic acids is 1. The van der Waals surface area contributed by atoms with Crippen LogP contribution in [0.3, 0.4) is 0 Å². The molecule has 1 amide bonds. The van der Waals surface area contributed by atoms with Gasteiger partial charge in [-0.15, -0.1) is 0 Å². The fraction of sp³-hybridized carbons (Fsp3) is 0.286. The minimum absolute atomic E-state index is 0.0350. The summed E-state index contributed by atoms with van der Waals surface area (Å²) in [5.74, 6) is -1.18. The number of sulfone groups is 1. The van der Waals surface area contributed by atoms with Crippen LogP contribution in [0, 0.1) is 0 Å². The van der Waals surface area contributed by atoms with Crippen molar-refractivity contribution in [1.29, 1.82) is 0 Å². The molecule has 0 fully saturated rings. The van der Waals surface area contributed by atoms with Gasteiger partial charge < -0.3 is 15.2 Å². The van der Waals surface area contributed by atoms with E-state index in [0.29, 0.717) is 5.56 Å². The van der Waals surface area contributed by atoms with E-state index in [-0.39, 0.29) is 16.2 Å². The smallest absolute Gasteiger partial charge is 0.408 e. The standard InChI is InChI=1S/C14H15NO6S/c1-2-11(13(16)17)15-14(18)21-8-10-7-9-5-3-4-6-12(9)22(10,19)20/h3-7,11H,2,8H2,1H3,(H,15,18)(H,16,17)/t11-/m1/s1. The van der Waals surface area contributed by atoms with Gasteiger partial charge in [-0.05, 0) is 24.1 Å². The Hall–Kier alpha value is -2.35. The summed E-state index contributed by atoms with van der Waals surface area (Å²) >= 11 is 0. The maximum atomic E-state index is 12.2. The molecule has 0 bridgehead atoms. The van der Waals surface area contributed by atoms with E-state index in [9.17, 15) is 18.0 Å². The first-order valence-electron chi connectivity index (χ1n) is 6.57. The Labute approximate surface area is 127 Å². The Morgan fingerprint density at radius 2 is 2.00 bits per heavy atom. The molecule has 0 aromatic heterocycles. The first kappa shape index (κ1) is 16.0. The number of carbonyl (C=O) groups is 2. The summed E-state index contributed by atoms with van der Waals surface area (Å²) in [5.41, 5.74) is 0.540. The molecule has 1 heterocycles. The fourth-order valence-corrected chi connectivity index (χ4v) is 3.49. The summed E-state index contributed by atoms with van der Waals surface area (Å²) in [6.45, 7) is 1.15. The van der Waals surface area contributed by atoms with Crippen LogP contribution in [0.4, 0.5) is 4.79 Å². The Bertz CT molecular complexity index is 737. The molecule has 0 saturated carbocycles. The van der Waals surface area contributed by atoms with E-state index in [4.69, 9.17) is 9.84 Å². The number of amides is 1. The van der Waals surface area contributed by atoms with Gasteiger partial charge in [0.2, 0.25) is 9.84 Å². The average molecular weight is 325 g/mol. The van der Waals surface area contributed by atoms with Gasteiger partial charge in [0, 0.05) is 0 Å². The van der Waals surface area contributed by atoms with Crippen LogP contribution < -0.4 is 5.32 Å². The number of fused-ring (bicyclic) bond motifs is 1. The lowest BCUT2D eigenvalue weighted by Crippen LogP contribution is -2.40. The third kappa shape index (κ3) is 3.11. The molecule has 1 aliphatic heterocycles. The predicted octanol–water partition coefficient (Wildman–Crippen LogP) is 1.40. The Kier molecular flexibility index (Phi) is 4.51. The van der Waals surface area contributed by atoms with Crippen molar-refractivity contribution in [2.45, 2.75) is 24.3 Å². The van der Waals surface area contributed by atoms with Gasteiger partial charge in [0.05, 0.1) is 9.80 Å². The van der Waals surface area contributed by atoms with Crippen molar-refractivity contribution in [1.82, 2.24) is 5.32 Å². The zero-order chi connectivity index (χ0) is 16.3. The number of alkyl carbamates (subject to hydrolysis) is 1. The summed E-state index contributed by atoms with van der Waals surface area (Å²) in [7, 11) is -3.65. The number of carboxylic acid groups (broad SMARTS) is 1. The summed E-state index contributed by atoms with van der Waals surface area (Å²) in [6, 6.07) is 5.38. The Balaban J connectivity index is 2.02. The molecule has 0 saturated heterocycles. The van der Waals surface area contributed by atoms with Crippen molar-refractivity contribution in [3.63, 3.8) is 0 Å². The molecule has 2 rings (SSSR count). The molecular weight excluding hydrogens is 310 g/mol. The monoisotopic (exact) mass is 325 g/mol. The number of carboxylic acids is 1. The average Bonchev–Trinajstić information content (AvgIpc) is 2.73. The van der Waals surface area contributed by atoms with Gasteiger partial charge in [-0.2, -0.15) is 0 Å². The maximum absolute atomic E-state index is 12.2. The highest BCUT2D eigenvalue weighted by Gasteiger charge is 2.30. The molecule has 22 heavy (non-hydrogen) atoms. The number of nitrogens with one attached hydrogen (secondary N) is 1. The zero-order valence-electron chi connectivity index (χ0n) is 11.8.